The van der Waals surface area contributed by atoms with Gasteiger partial charge in [-0.15, -0.1) is 0 Å². The van der Waals surface area contributed by atoms with Crippen LogP contribution in [0.4, 0.5) is 11.4 Å². The minimum absolute atomic E-state index is 0.152. The van der Waals surface area contributed by atoms with Gasteiger partial charge >= 0.3 is 0 Å². The first-order chi connectivity index (χ1) is 13.7. The molecule has 0 aromatic heterocycles. The van der Waals surface area contributed by atoms with E-state index in [1.54, 1.807) is 32.9 Å². The van der Waals surface area contributed by atoms with Crippen molar-refractivity contribution in [3.8, 4) is 5.75 Å². The molecule has 158 valence electrons. The first-order valence-electron chi connectivity index (χ1n) is 9.64. The Morgan fingerprint density at radius 1 is 1.03 bits per heavy atom. The van der Waals surface area contributed by atoms with Crippen LogP contribution in [0.3, 0.4) is 0 Å². The molecule has 0 aliphatic rings. The van der Waals surface area contributed by atoms with Crippen molar-refractivity contribution in [3.63, 3.8) is 0 Å². The van der Waals surface area contributed by atoms with Crippen molar-refractivity contribution in [3.05, 3.63) is 48.5 Å². The zero-order valence-corrected chi connectivity index (χ0v) is 18.0. The van der Waals surface area contributed by atoms with Crippen molar-refractivity contribution < 1.29 is 17.9 Å². The van der Waals surface area contributed by atoms with E-state index in [9.17, 15) is 13.2 Å². The monoisotopic (exact) mass is 419 g/mol. The molecule has 2 aromatic rings. The van der Waals surface area contributed by atoms with Crippen molar-refractivity contribution in [2.75, 3.05) is 17.2 Å². The van der Waals surface area contributed by atoms with Gasteiger partial charge in [-0.25, -0.2) is 13.1 Å². The topological polar surface area (TPSA) is 96.5 Å². The van der Waals surface area contributed by atoms with Gasteiger partial charge in [-0.3, -0.25) is 4.79 Å². The summed E-state index contributed by atoms with van der Waals surface area (Å²) in [6.07, 6.45) is 0.921. The van der Waals surface area contributed by atoms with E-state index < -0.39 is 16.1 Å². The van der Waals surface area contributed by atoms with Crippen LogP contribution in [0.15, 0.2) is 53.4 Å². The van der Waals surface area contributed by atoms with E-state index in [1.165, 1.54) is 12.1 Å². The molecule has 29 heavy (non-hydrogen) atoms. The number of amides is 1. The summed E-state index contributed by atoms with van der Waals surface area (Å²) in [5.41, 5.74) is 1.30. The molecule has 7 nitrogen and oxygen atoms in total. The summed E-state index contributed by atoms with van der Waals surface area (Å²) in [6.45, 7) is 7.94. The fraction of sp³-hybridized carbons (Fsp3) is 0.381. The van der Waals surface area contributed by atoms with Gasteiger partial charge in [-0.2, -0.15) is 0 Å². The lowest BCUT2D eigenvalue weighted by molar-refractivity contribution is -0.116. The number of anilines is 2. The lowest BCUT2D eigenvalue weighted by atomic mass is 10.2. The first kappa shape index (κ1) is 22.7. The number of hydrogen-bond acceptors (Lipinski definition) is 5. The second kappa shape index (κ2) is 10.3. The first-order valence-corrected chi connectivity index (χ1v) is 11.1. The summed E-state index contributed by atoms with van der Waals surface area (Å²) in [7, 11) is -3.56. The number of rotatable bonds is 10. The smallest absolute Gasteiger partial charge is 0.246 e. The van der Waals surface area contributed by atoms with Crippen LogP contribution in [0.2, 0.25) is 0 Å². The van der Waals surface area contributed by atoms with E-state index in [1.807, 2.05) is 31.2 Å². The lowest BCUT2D eigenvalue weighted by Crippen LogP contribution is -2.32. The molecule has 0 spiro atoms. The maximum Gasteiger partial charge on any atom is 0.246 e. The number of carbonyl (C=O) groups excluding carboxylic acids is 1. The van der Waals surface area contributed by atoms with Gasteiger partial charge in [0.2, 0.25) is 15.9 Å². The van der Waals surface area contributed by atoms with E-state index in [0.717, 1.165) is 17.9 Å². The van der Waals surface area contributed by atoms with Crippen LogP contribution in [0.5, 0.6) is 5.75 Å². The van der Waals surface area contributed by atoms with Crippen LogP contribution in [0.25, 0.3) is 0 Å². The zero-order valence-electron chi connectivity index (χ0n) is 17.2. The molecular weight excluding hydrogens is 390 g/mol. The maximum atomic E-state index is 12.5. The molecule has 3 N–H and O–H groups in total. The second-order valence-corrected chi connectivity index (χ2v) is 8.75. The van der Waals surface area contributed by atoms with Gasteiger partial charge < -0.3 is 15.4 Å². The highest BCUT2D eigenvalue weighted by Crippen LogP contribution is 2.19. The standard InChI is InChI=1S/C21H29N3O4S/c1-5-13-28-19-8-6-7-18(14-19)22-16(4)21(25)23-17-9-11-20(12-10-17)29(26,27)24-15(2)3/h6-12,14-16,22,24H,5,13H2,1-4H3,(H,23,25). The molecule has 0 saturated carbocycles. The van der Waals surface area contributed by atoms with Gasteiger partial charge in [0.15, 0.2) is 0 Å². The van der Waals surface area contributed by atoms with E-state index in [4.69, 9.17) is 4.74 Å². The van der Waals surface area contributed by atoms with Crippen molar-refractivity contribution in [1.82, 2.24) is 4.72 Å². The highest BCUT2D eigenvalue weighted by molar-refractivity contribution is 7.89. The molecule has 0 saturated heterocycles. The summed E-state index contributed by atoms with van der Waals surface area (Å²) >= 11 is 0. The van der Waals surface area contributed by atoms with E-state index in [0.29, 0.717) is 12.3 Å². The van der Waals surface area contributed by atoms with Crippen molar-refractivity contribution in [1.29, 1.82) is 0 Å². The minimum Gasteiger partial charge on any atom is -0.494 e. The molecule has 0 bridgehead atoms. The Hall–Kier alpha value is -2.58. The number of sulfonamides is 1. The van der Waals surface area contributed by atoms with Gasteiger partial charge in [0.1, 0.15) is 11.8 Å². The molecular formula is C21H29N3O4S. The van der Waals surface area contributed by atoms with Crippen LogP contribution in [0.1, 0.15) is 34.1 Å². The average molecular weight is 420 g/mol. The summed E-state index contributed by atoms with van der Waals surface area (Å²) in [6, 6.07) is 12.8. The SMILES string of the molecule is CCCOc1cccc(NC(C)C(=O)Nc2ccc(S(=O)(=O)NC(C)C)cc2)c1. The number of benzene rings is 2. The normalized spacial score (nSPS) is 12.4. The second-order valence-electron chi connectivity index (χ2n) is 7.03. The molecule has 0 heterocycles. The summed E-state index contributed by atoms with van der Waals surface area (Å²) in [5, 5.41) is 5.92. The third-order valence-corrected chi connectivity index (χ3v) is 5.58. The number of hydrogen-bond donors (Lipinski definition) is 3. The highest BCUT2D eigenvalue weighted by atomic mass is 32.2. The van der Waals surface area contributed by atoms with Crippen LogP contribution < -0.4 is 20.1 Å². The number of nitrogens with one attached hydrogen (secondary N) is 3. The predicted octanol–water partition coefficient (Wildman–Crippen LogP) is 3.60. The van der Waals surface area contributed by atoms with Crippen molar-refractivity contribution in [2.45, 2.75) is 51.1 Å². The number of ether oxygens (including phenoxy) is 1. The van der Waals surface area contributed by atoms with Gasteiger partial charge in [0.25, 0.3) is 0 Å². The average Bonchev–Trinajstić information content (AvgIpc) is 2.66. The molecule has 2 aromatic carbocycles. The molecule has 0 radical (unpaired) electrons. The molecule has 2 rings (SSSR count). The van der Waals surface area contributed by atoms with Crippen molar-refractivity contribution in [2.24, 2.45) is 0 Å². The van der Waals surface area contributed by atoms with Gasteiger partial charge in [0, 0.05) is 23.5 Å². The Morgan fingerprint density at radius 2 is 1.72 bits per heavy atom. The Morgan fingerprint density at radius 3 is 2.34 bits per heavy atom. The van der Waals surface area contributed by atoms with Crippen molar-refractivity contribution >= 4 is 27.3 Å². The fourth-order valence-corrected chi connectivity index (χ4v) is 3.81. The van der Waals surface area contributed by atoms with E-state index in [-0.39, 0.29) is 16.8 Å². The Balaban J connectivity index is 1.97. The van der Waals surface area contributed by atoms with Crippen LogP contribution in [-0.2, 0) is 14.8 Å². The molecule has 0 aliphatic heterocycles. The van der Waals surface area contributed by atoms with Gasteiger partial charge in [0.05, 0.1) is 11.5 Å². The summed E-state index contributed by atoms with van der Waals surface area (Å²) < 4.78 is 32.4. The predicted molar refractivity (Wildman–Crippen MR) is 116 cm³/mol. The molecule has 1 amide bonds. The van der Waals surface area contributed by atoms with Crippen LogP contribution >= 0.6 is 0 Å². The Kier molecular flexibility index (Phi) is 8.04. The molecule has 1 unspecified atom stereocenters. The number of carbonyl (C=O) groups is 1. The quantitative estimate of drug-likeness (QED) is 0.547. The summed E-state index contributed by atoms with van der Waals surface area (Å²) in [4.78, 5) is 12.6. The molecule has 0 fully saturated rings. The van der Waals surface area contributed by atoms with Gasteiger partial charge in [-0.1, -0.05) is 13.0 Å². The third-order valence-electron chi connectivity index (χ3n) is 3.91. The van der Waals surface area contributed by atoms with Crippen LogP contribution in [-0.4, -0.2) is 33.0 Å². The summed E-state index contributed by atoms with van der Waals surface area (Å²) in [5.74, 6) is 0.511. The fourth-order valence-electron chi connectivity index (χ4n) is 2.56. The molecule has 8 heteroatoms. The van der Waals surface area contributed by atoms with Crippen LogP contribution in [0, 0.1) is 0 Å². The largest absolute Gasteiger partial charge is 0.494 e. The molecule has 1 atom stereocenters. The Bertz CT molecular complexity index is 912. The molecule has 0 aliphatic carbocycles. The zero-order chi connectivity index (χ0) is 21.4. The van der Waals surface area contributed by atoms with E-state index >= 15 is 0 Å². The minimum atomic E-state index is -3.56. The third kappa shape index (κ3) is 7.07. The van der Waals surface area contributed by atoms with Gasteiger partial charge in [-0.05, 0) is 63.6 Å². The Labute approximate surface area is 172 Å². The highest BCUT2D eigenvalue weighted by Gasteiger charge is 2.16. The van der Waals surface area contributed by atoms with E-state index in [2.05, 4.69) is 15.4 Å². The maximum absolute atomic E-state index is 12.5. The lowest BCUT2D eigenvalue weighted by Gasteiger charge is -2.16.